The standard InChI is InChI=1S/C11H8FNO2/c12-8-1-2-9(7(5-8)6-13)11(3-4-11)10(14)15/h1-2,5H,3-4H2,(H,14,15). The number of carbonyl (C=O) groups is 1. The van der Waals surface area contributed by atoms with Crippen molar-refractivity contribution in [3.8, 4) is 6.07 Å². The van der Waals surface area contributed by atoms with Gasteiger partial charge in [0.05, 0.1) is 17.0 Å². The molecule has 2 rings (SSSR count). The molecule has 0 aliphatic heterocycles. The van der Waals surface area contributed by atoms with E-state index >= 15 is 0 Å². The maximum Gasteiger partial charge on any atom is 0.314 e. The third kappa shape index (κ3) is 1.37. The van der Waals surface area contributed by atoms with Gasteiger partial charge in [0.15, 0.2) is 0 Å². The normalized spacial score (nSPS) is 16.8. The largest absolute Gasteiger partial charge is 0.481 e. The number of rotatable bonds is 2. The lowest BCUT2D eigenvalue weighted by Crippen LogP contribution is -2.20. The lowest BCUT2D eigenvalue weighted by atomic mass is 9.92. The third-order valence-corrected chi connectivity index (χ3v) is 2.78. The minimum Gasteiger partial charge on any atom is -0.481 e. The lowest BCUT2D eigenvalue weighted by Gasteiger charge is -2.11. The first-order chi connectivity index (χ1) is 7.10. The second-order valence-electron chi connectivity index (χ2n) is 3.69. The van der Waals surface area contributed by atoms with Crippen LogP contribution in [0.5, 0.6) is 0 Å². The highest BCUT2D eigenvalue weighted by Crippen LogP contribution is 2.49. The number of aliphatic carboxylic acids is 1. The summed E-state index contributed by atoms with van der Waals surface area (Å²) in [7, 11) is 0. The van der Waals surface area contributed by atoms with Gasteiger partial charge < -0.3 is 5.11 Å². The zero-order chi connectivity index (χ0) is 11.1. The van der Waals surface area contributed by atoms with Crippen LogP contribution >= 0.6 is 0 Å². The van der Waals surface area contributed by atoms with Crippen LogP contribution in [0.2, 0.25) is 0 Å². The summed E-state index contributed by atoms with van der Waals surface area (Å²) < 4.78 is 12.8. The van der Waals surface area contributed by atoms with Crippen LogP contribution in [0.4, 0.5) is 4.39 Å². The molecular formula is C11H8FNO2. The van der Waals surface area contributed by atoms with E-state index in [9.17, 15) is 9.18 Å². The summed E-state index contributed by atoms with van der Waals surface area (Å²) in [6.07, 6.45) is 1.03. The summed E-state index contributed by atoms with van der Waals surface area (Å²) in [5.74, 6) is -1.46. The fourth-order valence-corrected chi connectivity index (χ4v) is 1.75. The fourth-order valence-electron chi connectivity index (χ4n) is 1.75. The second-order valence-corrected chi connectivity index (χ2v) is 3.69. The van der Waals surface area contributed by atoms with E-state index in [2.05, 4.69) is 0 Å². The summed E-state index contributed by atoms with van der Waals surface area (Å²) >= 11 is 0. The topological polar surface area (TPSA) is 61.1 Å². The Hall–Kier alpha value is -1.89. The highest BCUT2D eigenvalue weighted by molar-refractivity contribution is 5.85. The number of hydrogen-bond donors (Lipinski definition) is 1. The van der Waals surface area contributed by atoms with Crippen LogP contribution < -0.4 is 0 Å². The molecule has 0 amide bonds. The van der Waals surface area contributed by atoms with Crippen molar-refractivity contribution in [3.63, 3.8) is 0 Å². The summed E-state index contributed by atoms with van der Waals surface area (Å²) in [4.78, 5) is 11.0. The summed E-state index contributed by atoms with van der Waals surface area (Å²) in [5.41, 5.74) is -0.396. The zero-order valence-electron chi connectivity index (χ0n) is 7.83. The first kappa shape index (κ1) is 9.66. The highest BCUT2D eigenvalue weighted by Gasteiger charge is 2.52. The minimum atomic E-state index is -0.946. The molecule has 0 saturated heterocycles. The van der Waals surface area contributed by atoms with Crippen LogP contribution in [0.25, 0.3) is 0 Å². The first-order valence-electron chi connectivity index (χ1n) is 4.54. The Kier molecular flexibility index (Phi) is 1.97. The molecule has 1 aromatic carbocycles. The van der Waals surface area contributed by atoms with Gasteiger partial charge in [-0.15, -0.1) is 0 Å². The van der Waals surface area contributed by atoms with Crippen molar-refractivity contribution in [1.82, 2.24) is 0 Å². The summed E-state index contributed by atoms with van der Waals surface area (Å²) in [6.45, 7) is 0. The second kappa shape index (κ2) is 3.06. The maximum atomic E-state index is 12.8. The molecule has 1 aromatic rings. The number of halogens is 1. The maximum absolute atomic E-state index is 12.8. The zero-order valence-corrected chi connectivity index (χ0v) is 7.83. The SMILES string of the molecule is N#Cc1cc(F)ccc1C1(C(=O)O)CC1. The van der Waals surface area contributed by atoms with Gasteiger partial charge in [0.1, 0.15) is 5.82 Å². The molecule has 4 heteroatoms. The fraction of sp³-hybridized carbons (Fsp3) is 0.273. The molecule has 0 radical (unpaired) electrons. The van der Waals surface area contributed by atoms with Crippen molar-refractivity contribution in [3.05, 3.63) is 35.1 Å². The van der Waals surface area contributed by atoms with E-state index in [0.29, 0.717) is 18.4 Å². The highest BCUT2D eigenvalue weighted by atomic mass is 19.1. The Balaban J connectivity index is 2.55. The molecule has 3 nitrogen and oxygen atoms in total. The van der Waals surface area contributed by atoms with Crippen molar-refractivity contribution >= 4 is 5.97 Å². The molecule has 0 aromatic heterocycles. The van der Waals surface area contributed by atoms with E-state index in [1.54, 1.807) is 0 Å². The van der Waals surface area contributed by atoms with Gasteiger partial charge in [-0.25, -0.2) is 4.39 Å². The van der Waals surface area contributed by atoms with Crippen molar-refractivity contribution in [1.29, 1.82) is 5.26 Å². The van der Waals surface area contributed by atoms with E-state index in [4.69, 9.17) is 10.4 Å². The Morgan fingerprint density at radius 2 is 2.20 bits per heavy atom. The van der Waals surface area contributed by atoms with Gasteiger partial charge in [-0.1, -0.05) is 6.07 Å². The van der Waals surface area contributed by atoms with E-state index in [-0.39, 0.29) is 5.56 Å². The molecule has 1 aliphatic rings. The molecule has 0 heterocycles. The monoisotopic (exact) mass is 205 g/mol. The lowest BCUT2D eigenvalue weighted by molar-refractivity contribution is -0.140. The number of carboxylic acids is 1. The van der Waals surface area contributed by atoms with Gasteiger partial charge in [-0.2, -0.15) is 5.26 Å². The molecule has 0 bridgehead atoms. The predicted octanol–water partition coefficient (Wildman–Crippen LogP) is 1.81. The molecule has 15 heavy (non-hydrogen) atoms. The van der Waals surface area contributed by atoms with Crippen LogP contribution in [0, 0.1) is 17.1 Å². The Morgan fingerprint density at radius 3 is 2.67 bits per heavy atom. The van der Waals surface area contributed by atoms with Crippen LogP contribution in [0.1, 0.15) is 24.0 Å². The predicted molar refractivity (Wildman–Crippen MR) is 49.7 cm³/mol. The van der Waals surface area contributed by atoms with Gasteiger partial charge in [0, 0.05) is 0 Å². The van der Waals surface area contributed by atoms with Gasteiger partial charge in [0.25, 0.3) is 0 Å². The molecule has 1 N–H and O–H groups in total. The molecule has 0 atom stereocenters. The van der Waals surface area contributed by atoms with Crippen molar-refractivity contribution < 1.29 is 14.3 Å². The molecular weight excluding hydrogens is 197 g/mol. The van der Waals surface area contributed by atoms with Crippen LogP contribution in [-0.4, -0.2) is 11.1 Å². The molecule has 1 fully saturated rings. The van der Waals surface area contributed by atoms with E-state index in [0.717, 1.165) is 6.07 Å². The number of carboxylic acid groups (broad SMARTS) is 1. The average molecular weight is 205 g/mol. The summed E-state index contributed by atoms with van der Waals surface area (Å²) in [6, 6.07) is 5.51. The van der Waals surface area contributed by atoms with Gasteiger partial charge in [0.2, 0.25) is 0 Å². The third-order valence-electron chi connectivity index (χ3n) is 2.78. The van der Waals surface area contributed by atoms with Crippen LogP contribution in [0.15, 0.2) is 18.2 Å². The average Bonchev–Trinajstić information content (AvgIpc) is 2.98. The molecule has 1 saturated carbocycles. The van der Waals surface area contributed by atoms with Crippen molar-refractivity contribution in [2.24, 2.45) is 0 Å². The molecule has 0 unspecified atom stereocenters. The molecule has 0 spiro atoms. The minimum absolute atomic E-state index is 0.120. The quantitative estimate of drug-likeness (QED) is 0.800. The molecule has 1 aliphatic carbocycles. The van der Waals surface area contributed by atoms with Gasteiger partial charge in [-0.05, 0) is 30.5 Å². The van der Waals surface area contributed by atoms with E-state index < -0.39 is 17.2 Å². The van der Waals surface area contributed by atoms with Crippen molar-refractivity contribution in [2.75, 3.05) is 0 Å². The smallest absolute Gasteiger partial charge is 0.314 e. The Morgan fingerprint density at radius 1 is 1.53 bits per heavy atom. The van der Waals surface area contributed by atoms with Gasteiger partial charge >= 0.3 is 5.97 Å². The van der Waals surface area contributed by atoms with Gasteiger partial charge in [-0.3, -0.25) is 4.79 Å². The van der Waals surface area contributed by atoms with Crippen molar-refractivity contribution in [2.45, 2.75) is 18.3 Å². The van der Waals surface area contributed by atoms with E-state index in [1.807, 2.05) is 6.07 Å². The van der Waals surface area contributed by atoms with E-state index in [1.165, 1.54) is 12.1 Å². The van der Waals surface area contributed by atoms with Crippen LogP contribution in [-0.2, 0) is 10.2 Å². The summed E-state index contributed by atoms with van der Waals surface area (Å²) in [5, 5.41) is 17.8. The Labute approximate surface area is 85.8 Å². The number of nitrogens with zero attached hydrogens (tertiary/aromatic N) is 1. The first-order valence-corrected chi connectivity index (χ1v) is 4.54. The number of benzene rings is 1. The number of nitriles is 1. The molecule has 76 valence electrons. The van der Waals surface area contributed by atoms with Crippen LogP contribution in [0.3, 0.4) is 0 Å². The Bertz CT molecular complexity index is 472. The number of hydrogen-bond acceptors (Lipinski definition) is 2.